The van der Waals surface area contributed by atoms with Gasteiger partial charge >= 0.3 is 0 Å². The second-order valence-electron chi connectivity index (χ2n) is 6.76. The molecule has 2 aliphatic rings. The maximum Gasteiger partial charge on any atom is 0.0544 e. The molecule has 0 atom stereocenters. The van der Waals surface area contributed by atoms with Crippen LogP contribution in [0.3, 0.4) is 0 Å². The van der Waals surface area contributed by atoms with E-state index in [0.717, 1.165) is 19.1 Å². The number of likely N-dealkylation sites (tertiary alicyclic amines) is 1. The van der Waals surface area contributed by atoms with Crippen molar-refractivity contribution in [2.24, 2.45) is 0 Å². The van der Waals surface area contributed by atoms with Crippen LogP contribution in [0.1, 0.15) is 36.9 Å². The van der Waals surface area contributed by atoms with Gasteiger partial charge in [-0.2, -0.15) is 0 Å². The third kappa shape index (κ3) is 4.50. The van der Waals surface area contributed by atoms with Crippen molar-refractivity contribution in [1.29, 1.82) is 0 Å². The van der Waals surface area contributed by atoms with E-state index in [-0.39, 0.29) is 0 Å². The van der Waals surface area contributed by atoms with Crippen molar-refractivity contribution in [3.05, 3.63) is 29.6 Å². The molecule has 116 valence electrons. The van der Waals surface area contributed by atoms with Crippen molar-refractivity contribution in [3.63, 3.8) is 0 Å². The summed E-state index contributed by atoms with van der Waals surface area (Å²) in [4.78, 5) is 9.53. The van der Waals surface area contributed by atoms with E-state index >= 15 is 0 Å². The summed E-state index contributed by atoms with van der Waals surface area (Å²) < 4.78 is 0. The van der Waals surface area contributed by atoms with Gasteiger partial charge in [-0.15, -0.1) is 0 Å². The lowest BCUT2D eigenvalue weighted by molar-refractivity contribution is 0.138. The molecular weight excluding hydrogens is 260 g/mol. The first-order valence-electron chi connectivity index (χ1n) is 8.26. The molecule has 21 heavy (non-hydrogen) atoms. The van der Waals surface area contributed by atoms with E-state index in [1.807, 2.05) is 6.20 Å². The summed E-state index contributed by atoms with van der Waals surface area (Å²) in [6, 6.07) is 5.88. The van der Waals surface area contributed by atoms with E-state index in [4.69, 9.17) is 0 Å². The Morgan fingerprint density at radius 1 is 1.24 bits per heavy atom. The van der Waals surface area contributed by atoms with Gasteiger partial charge in [0.05, 0.1) is 5.69 Å². The number of nitrogens with zero attached hydrogens (tertiary/aromatic N) is 3. The standard InChI is InChI=1S/C17H28N4/c1-20-9-7-17(8-10-20)21(2)13-16-4-3-14(12-19-16)11-18-15-5-6-15/h3-4,12,15,17-18H,5-11,13H2,1-2H3. The van der Waals surface area contributed by atoms with Gasteiger partial charge in [0, 0.05) is 31.4 Å². The SMILES string of the molecule is CN1CCC(N(C)Cc2ccc(CNC3CC3)cn2)CC1. The van der Waals surface area contributed by atoms with Gasteiger partial charge in [0.25, 0.3) is 0 Å². The molecule has 1 N–H and O–H groups in total. The van der Waals surface area contributed by atoms with Gasteiger partial charge in [0.1, 0.15) is 0 Å². The average Bonchev–Trinajstić information content (AvgIpc) is 3.31. The Labute approximate surface area is 128 Å². The van der Waals surface area contributed by atoms with Crippen molar-refractivity contribution in [2.45, 2.75) is 50.9 Å². The van der Waals surface area contributed by atoms with E-state index in [1.54, 1.807) is 0 Å². The number of hydrogen-bond acceptors (Lipinski definition) is 4. The van der Waals surface area contributed by atoms with Gasteiger partial charge in [-0.05, 0) is 64.5 Å². The van der Waals surface area contributed by atoms with Crippen molar-refractivity contribution in [1.82, 2.24) is 20.1 Å². The first-order valence-corrected chi connectivity index (χ1v) is 8.26. The van der Waals surface area contributed by atoms with E-state index in [9.17, 15) is 0 Å². The summed E-state index contributed by atoms with van der Waals surface area (Å²) >= 11 is 0. The second-order valence-corrected chi connectivity index (χ2v) is 6.76. The van der Waals surface area contributed by atoms with Crippen LogP contribution in [-0.4, -0.2) is 54.1 Å². The predicted octanol–water partition coefficient (Wildman–Crippen LogP) is 1.86. The first-order chi connectivity index (χ1) is 10.2. The third-order valence-corrected chi connectivity index (χ3v) is 4.78. The Hall–Kier alpha value is -0.970. The van der Waals surface area contributed by atoms with Crippen LogP contribution in [0.4, 0.5) is 0 Å². The van der Waals surface area contributed by atoms with Crippen molar-refractivity contribution in [2.75, 3.05) is 27.2 Å². The minimum atomic E-state index is 0.708. The van der Waals surface area contributed by atoms with Crippen molar-refractivity contribution >= 4 is 0 Å². The minimum absolute atomic E-state index is 0.708. The topological polar surface area (TPSA) is 31.4 Å². The monoisotopic (exact) mass is 288 g/mol. The smallest absolute Gasteiger partial charge is 0.0544 e. The highest BCUT2D eigenvalue weighted by Gasteiger charge is 2.21. The molecule has 1 aromatic rings. The molecule has 0 amide bonds. The predicted molar refractivity (Wildman–Crippen MR) is 86.1 cm³/mol. The summed E-state index contributed by atoms with van der Waals surface area (Å²) in [5.41, 5.74) is 2.49. The largest absolute Gasteiger partial charge is 0.310 e. The molecule has 1 aromatic heterocycles. The molecule has 1 aliphatic carbocycles. The molecule has 1 aliphatic heterocycles. The molecule has 0 spiro atoms. The summed E-state index contributed by atoms with van der Waals surface area (Å²) in [6.45, 7) is 4.36. The molecule has 2 heterocycles. The fourth-order valence-corrected chi connectivity index (χ4v) is 3.02. The molecular formula is C17H28N4. The van der Waals surface area contributed by atoms with Gasteiger partial charge in [-0.3, -0.25) is 9.88 Å². The zero-order valence-electron chi connectivity index (χ0n) is 13.4. The quantitative estimate of drug-likeness (QED) is 0.866. The van der Waals surface area contributed by atoms with Crippen LogP contribution in [0.15, 0.2) is 18.3 Å². The summed E-state index contributed by atoms with van der Waals surface area (Å²) in [5, 5.41) is 3.53. The van der Waals surface area contributed by atoms with Crippen LogP contribution in [0.25, 0.3) is 0 Å². The van der Waals surface area contributed by atoms with E-state index in [0.29, 0.717) is 6.04 Å². The molecule has 3 rings (SSSR count). The normalized spacial score (nSPS) is 21.1. The molecule has 4 heteroatoms. The van der Waals surface area contributed by atoms with Crippen LogP contribution >= 0.6 is 0 Å². The fraction of sp³-hybridized carbons (Fsp3) is 0.706. The molecule has 0 bridgehead atoms. The third-order valence-electron chi connectivity index (χ3n) is 4.78. The van der Waals surface area contributed by atoms with Crippen LogP contribution in [0.5, 0.6) is 0 Å². The zero-order chi connectivity index (χ0) is 14.7. The highest BCUT2D eigenvalue weighted by Crippen LogP contribution is 2.19. The maximum absolute atomic E-state index is 4.63. The lowest BCUT2D eigenvalue weighted by Crippen LogP contribution is -2.41. The van der Waals surface area contributed by atoms with E-state index < -0.39 is 0 Å². The molecule has 4 nitrogen and oxygen atoms in total. The lowest BCUT2D eigenvalue weighted by Gasteiger charge is -2.34. The number of hydrogen-bond donors (Lipinski definition) is 1. The Morgan fingerprint density at radius 3 is 2.62 bits per heavy atom. The number of piperidine rings is 1. The second kappa shape index (κ2) is 6.86. The molecule has 1 saturated carbocycles. The Bertz CT molecular complexity index is 433. The van der Waals surface area contributed by atoms with Crippen molar-refractivity contribution in [3.8, 4) is 0 Å². The van der Waals surface area contributed by atoms with Crippen LogP contribution in [0.2, 0.25) is 0 Å². The molecule has 1 saturated heterocycles. The highest BCUT2D eigenvalue weighted by atomic mass is 15.2. The number of nitrogens with one attached hydrogen (secondary N) is 1. The first kappa shape index (κ1) is 14.9. The summed E-state index contributed by atoms with van der Waals surface area (Å²) in [6.07, 6.45) is 7.26. The fourth-order valence-electron chi connectivity index (χ4n) is 3.02. The van der Waals surface area contributed by atoms with Crippen molar-refractivity contribution < 1.29 is 0 Å². The van der Waals surface area contributed by atoms with Gasteiger partial charge in [0.15, 0.2) is 0 Å². The lowest BCUT2D eigenvalue weighted by atomic mass is 10.0. The molecule has 2 fully saturated rings. The van der Waals surface area contributed by atoms with Crippen LogP contribution < -0.4 is 5.32 Å². The molecule has 0 aromatic carbocycles. The average molecular weight is 288 g/mol. The Morgan fingerprint density at radius 2 is 2.00 bits per heavy atom. The number of aromatic nitrogens is 1. The van der Waals surface area contributed by atoms with Gasteiger partial charge < -0.3 is 10.2 Å². The highest BCUT2D eigenvalue weighted by molar-refractivity contribution is 5.14. The maximum atomic E-state index is 4.63. The number of rotatable bonds is 6. The Kier molecular flexibility index (Phi) is 4.88. The van der Waals surface area contributed by atoms with Gasteiger partial charge in [0.2, 0.25) is 0 Å². The van der Waals surface area contributed by atoms with Gasteiger partial charge in [-0.1, -0.05) is 6.07 Å². The van der Waals surface area contributed by atoms with E-state index in [2.05, 4.69) is 46.3 Å². The Balaban J connectivity index is 1.47. The van der Waals surface area contributed by atoms with Gasteiger partial charge in [-0.25, -0.2) is 0 Å². The minimum Gasteiger partial charge on any atom is -0.310 e. The van der Waals surface area contributed by atoms with Crippen LogP contribution in [0, 0.1) is 0 Å². The summed E-state index contributed by atoms with van der Waals surface area (Å²) in [7, 11) is 4.45. The zero-order valence-corrected chi connectivity index (χ0v) is 13.4. The number of pyridine rings is 1. The molecule has 0 unspecified atom stereocenters. The molecule has 0 radical (unpaired) electrons. The van der Waals surface area contributed by atoms with Crippen LogP contribution in [-0.2, 0) is 13.1 Å². The van der Waals surface area contributed by atoms with E-state index in [1.165, 1.54) is 50.0 Å². The summed E-state index contributed by atoms with van der Waals surface area (Å²) in [5.74, 6) is 0.